The summed E-state index contributed by atoms with van der Waals surface area (Å²) in [4.78, 5) is 12.5. The number of benzene rings is 1. The molecule has 0 atom stereocenters. The average Bonchev–Trinajstić information content (AvgIpc) is 2.60. The van der Waals surface area contributed by atoms with Crippen molar-refractivity contribution in [3.05, 3.63) is 29.3 Å². The Morgan fingerprint density at radius 3 is 2.15 bits per heavy atom. The minimum Gasteiger partial charge on any atom is -0.379 e. The minimum atomic E-state index is -3.43. The van der Waals surface area contributed by atoms with Crippen LogP contribution in [0.4, 0.5) is 5.69 Å². The molecule has 0 spiro atoms. The van der Waals surface area contributed by atoms with Crippen LogP contribution < -0.4 is 5.32 Å². The van der Waals surface area contributed by atoms with Gasteiger partial charge in [-0.3, -0.25) is 4.79 Å². The van der Waals surface area contributed by atoms with Crippen molar-refractivity contribution in [3.8, 4) is 0 Å². The second-order valence-electron chi connectivity index (χ2n) is 7.25. The van der Waals surface area contributed by atoms with Gasteiger partial charge in [-0.2, -0.15) is 4.31 Å². The molecule has 26 heavy (non-hydrogen) atoms. The van der Waals surface area contributed by atoms with Crippen LogP contribution in [0.3, 0.4) is 0 Å². The molecule has 1 heterocycles. The maximum atomic E-state index is 12.5. The van der Waals surface area contributed by atoms with E-state index < -0.39 is 10.0 Å². The highest BCUT2D eigenvalue weighted by molar-refractivity contribution is 7.89. The number of nitrogens with one attached hydrogen (secondary N) is 1. The normalized spacial score (nSPS) is 16.2. The average molecular weight is 383 g/mol. The van der Waals surface area contributed by atoms with Gasteiger partial charge in [-0.1, -0.05) is 45.9 Å². The van der Waals surface area contributed by atoms with Gasteiger partial charge in [-0.05, 0) is 23.0 Å². The first kappa shape index (κ1) is 20.9. The van der Waals surface area contributed by atoms with Gasteiger partial charge in [-0.25, -0.2) is 8.42 Å². The Morgan fingerprint density at radius 1 is 1.12 bits per heavy atom. The molecule has 1 aromatic carbocycles. The number of nitrogens with zero attached hydrogens (tertiary/aromatic N) is 1. The number of ether oxygens (including phenoxy) is 1. The molecule has 0 bridgehead atoms. The fourth-order valence-electron chi connectivity index (χ4n) is 3.07. The summed E-state index contributed by atoms with van der Waals surface area (Å²) in [7, 11) is -3.43. The van der Waals surface area contributed by atoms with Crippen molar-refractivity contribution in [3.63, 3.8) is 0 Å². The predicted octanol–water partition coefficient (Wildman–Crippen LogP) is 2.92. The molecule has 1 aromatic rings. The van der Waals surface area contributed by atoms with Crippen molar-refractivity contribution < 1.29 is 17.9 Å². The number of amides is 1. The second kappa shape index (κ2) is 8.97. The minimum absolute atomic E-state index is 0.0519. The Bertz CT molecular complexity index is 697. The van der Waals surface area contributed by atoms with E-state index in [9.17, 15) is 13.2 Å². The van der Waals surface area contributed by atoms with Crippen molar-refractivity contribution in [2.75, 3.05) is 37.4 Å². The molecule has 1 aliphatic heterocycles. The van der Waals surface area contributed by atoms with Crippen molar-refractivity contribution in [2.24, 2.45) is 0 Å². The first-order valence-corrected chi connectivity index (χ1v) is 10.8. The van der Waals surface area contributed by atoms with Gasteiger partial charge in [0.25, 0.3) is 0 Å². The zero-order valence-electron chi connectivity index (χ0n) is 16.1. The van der Waals surface area contributed by atoms with Crippen LogP contribution in [-0.4, -0.2) is 50.7 Å². The van der Waals surface area contributed by atoms with E-state index >= 15 is 0 Å². The van der Waals surface area contributed by atoms with Gasteiger partial charge in [-0.15, -0.1) is 0 Å². The molecule has 0 aromatic heterocycles. The smallest absolute Gasteiger partial charge is 0.225 e. The van der Waals surface area contributed by atoms with Crippen molar-refractivity contribution >= 4 is 21.6 Å². The lowest BCUT2D eigenvalue weighted by Crippen LogP contribution is -2.42. The number of hydrogen-bond acceptors (Lipinski definition) is 4. The van der Waals surface area contributed by atoms with E-state index in [1.807, 2.05) is 18.2 Å². The van der Waals surface area contributed by atoms with Crippen LogP contribution in [0, 0.1) is 0 Å². The molecule has 0 aliphatic carbocycles. The molecule has 7 heteroatoms. The highest BCUT2D eigenvalue weighted by Gasteiger charge is 2.25. The third-order valence-corrected chi connectivity index (χ3v) is 6.46. The summed E-state index contributed by atoms with van der Waals surface area (Å²) >= 11 is 0. The fraction of sp³-hybridized carbons (Fsp3) is 0.632. The molecule has 6 nitrogen and oxygen atoms in total. The van der Waals surface area contributed by atoms with Crippen LogP contribution in [0.25, 0.3) is 0 Å². The summed E-state index contributed by atoms with van der Waals surface area (Å²) in [6.07, 6.45) is -0.0519. The van der Waals surface area contributed by atoms with E-state index in [0.29, 0.717) is 26.3 Å². The van der Waals surface area contributed by atoms with Gasteiger partial charge in [0.2, 0.25) is 15.9 Å². The zero-order chi connectivity index (χ0) is 19.3. The van der Waals surface area contributed by atoms with Crippen LogP contribution in [0.1, 0.15) is 57.1 Å². The topological polar surface area (TPSA) is 75.7 Å². The Labute approximate surface area is 157 Å². The lowest BCUT2D eigenvalue weighted by atomic mass is 9.92. The van der Waals surface area contributed by atoms with Gasteiger partial charge < -0.3 is 10.1 Å². The van der Waals surface area contributed by atoms with Crippen molar-refractivity contribution in [1.82, 2.24) is 4.31 Å². The largest absolute Gasteiger partial charge is 0.379 e. The van der Waals surface area contributed by atoms with Gasteiger partial charge in [0.1, 0.15) is 0 Å². The van der Waals surface area contributed by atoms with Crippen molar-refractivity contribution in [1.29, 1.82) is 0 Å². The lowest BCUT2D eigenvalue weighted by Gasteiger charge is -2.26. The van der Waals surface area contributed by atoms with Crippen LogP contribution in [0.2, 0.25) is 0 Å². The first-order valence-electron chi connectivity index (χ1n) is 9.20. The van der Waals surface area contributed by atoms with Gasteiger partial charge in [0.05, 0.1) is 19.0 Å². The van der Waals surface area contributed by atoms with Crippen LogP contribution in [0.15, 0.2) is 18.2 Å². The summed E-state index contributed by atoms with van der Waals surface area (Å²) in [5.41, 5.74) is 2.97. The van der Waals surface area contributed by atoms with Crippen LogP contribution in [-0.2, 0) is 19.6 Å². The van der Waals surface area contributed by atoms with E-state index in [1.165, 1.54) is 4.31 Å². The number of morpholine rings is 1. The number of hydrogen-bond donors (Lipinski definition) is 1. The maximum absolute atomic E-state index is 12.5. The number of para-hydroxylation sites is 1. The number of sulfonamides is 1. The Balaban J connectivity index is 2.08. The molecule has 1 fully saturated rings. The highest BCUT2D eigenvalue weighted by atomic mass is 32.2. The van der Waals surface area contributed by atoms with E-state index in [1.54, 1.807) is 0 Å². The molecular formula is C19H30N2O4S. The Morgan fingerprint density at radius 2 is 1.65 bits per heavy atom. The highest BCUT2D eigenvalue weighted by Crippen LogP contribution is 2.32. The fourth-order valence-corrected chi connectivity index (χ4v) is 4.48. The van der Waals surface area contributed by atoms with E-state index in [0.717, 1.165) is 16.8 Å². The summed E-state index contributed by atoms with van der Waals surface area (Å²) in [5.74, 6) is 0.0821. The molecule has 2 rings (SSSR count). The molecule has 146 valence electrons. The molecule has 1 saturated heterocycles. The first-order chi connectivity index (χ1) is 12.2. The van der Waals surface area contributed by atoms with Gasteiger partial charge >= 0.3 is 0 Å². The number of rotatable bonds is 7. The number of carbonyl (C=O) groups excluding carboxylic acids is 1. The number of carbonyl (C=O) groups is 1. The van der Waals surface area contributed by atoms with E-state index in [-0.39, 0.29) is 29.9 Å². The predicted molar refractivity (Wildman–Crippen MR) is 104 cm³/mol. The SMILES string of the molecule is CC(C)c1cccc(C(C)C)c1NC(=O)CCS(=O)(=O)N1CCOCC1. The molecular weight excluding hydrogens is 352 g/mol. The molecule has 0 saturated carbocycles. The summed E-state index contributed by atoms with van der Waals surface area (Å²) in [5, 5.41) is 2.97. The van der Waals surface area contributed by atoms with Gasteiger partial charge in [0.15, 0.2) is 0 Å². The molecule has 0 unspecified atom stereocenters. The molecule has 1 aliphatic rings. The summed E-state index contributed by atoms with van der Waals surface area (Å²) in [6.45, 7) is 9.86. The monoisotopic (exact) mass is 382 g/mol. The van der Waals surface area contributed by atoms with E-state index in [4.69, 9.17) is 4.74 Å². The Kier molecular flexibility index (Phi) is 7.20. The second-order valence-corrected chi connectivity index (χ2v) is 9.33. The standard InChI is InChI=1S/C19H30N2O4S/c1-14(2)16-6-5-7-17(15(3)4)19(16)20-18(22)8-13-26(23,24)21-9-11-25-12-10-21/h5-7,14-15H,8-13H2,1-4H3,(H,20,22). The quantitative estimate of drug-likeness (QED) is 0.787. The number of anilines is 1. The molecule has 1 N–H and O–H groups in total. The molecule has 0 radical (unpaired) electrons. The Hall–Kier alpha value is -1.44. The lowest BCUT2D eigenvalue weighted by molar-refractivity contribution is -0.115. The zero-order valence-corrected chi connectivity index (χ0v) is 16.9. The molecule has 1 amide bonds. The van der Waals surface area contributed by atoms with Crippen LogP contribution >= 0.6 is 0 Å². The third kappa shape index (κ3) is 5.28. The van der Waals surface area contributed by atoms with E-state index in [2.05, 4.69) is 33.0 Å². The summed E-state index contributed by atoms with van der Waals surface area (Å²) < 4.78 is 31.4. The third-order valence-electron chi connectivity index (χ3n) is 4.59. The van der Waals surface area contributed by atoms with Gasteiger partial charge in [0, 0.05) is 25.2 Å². The van der Waals surface area contributed by atoms with Crippen molar-refractivity contribution in [2.45, 2.75) is 46.0 Å². The maximum Gasteiger partial charge on any atom is 0.225 e. The summed E-state index contributed by atoms with van der Waals surface area (Å²) in [6, 6.07) is 6.02. The van der Waals surface area contributed by atoms with Crippen LogP contribution in [0.5, 0.6) is 0 Å².